The summed E-state index contributed by atoms with van der Waals surface area (Å²) >= 11 is 0. The maximum atomic E-state index is 14.0. The van der Waals surface area contributed by atoms with E-state index in [1.54, 1.807) is 24.4 Å². The van der Waals surface area contributed by atoms with E-state index in [1.807, 2.05) is 12.1 Å². The van der Waals surface area contributed by atoms with Gasteiger partial charge in [0.05, 0.1) is 10.4 Å². The van der Waals surface area contributed by atoms with E-state index < -0.39 is 10.0 Å². The number of nitrogens with one attached hydrogen (secondary N) is 1. The largest absolute Gasteiger partial charge is 0.294 e. The Bertz CT molecular complexity index is 1120. The Labute approximate surface area is 157 Å². The predicted molar refractivity (Wildman–Crippen MR) is 102 cm³/mol. The number of halogens is 1. The normalized spacial score (nSPS) is 15.0. The van der Waals surface area contributed by atoms with Crippen LogP contribution in [0.5, 0.6) is 0 Å². The lowest BCUT2D eigenvalue weighted by Gasteiger charge is -2.30. The number of aromatic nitrogens is 1. The molecular formula is C20H20FN3O2S. The maximum Gasteiger partial charge on any atom is 0.240 e. The molecule has 0 spiro atoms. The minimum atomic E-state index is -3.48. The highest BCUT2D eigenvalue weighted by atomic mass is 32.2. The van der Waals surface area contributed by atoms with Crippen molar-refractivity contribution in [2.24, 2.45) is 0 Å². The monoisotopic (exact) mass is 385 g/mol. The fourth-order valence-corrected chi connectivity index (χ4v) is 4.75. The van der Waals surface area contributed by atoms with Crippen LogP contribution >= 0.6 is 0 Å². The van der Waals surface area contributed by atoms with Gasteiger partial charge in [-0.3, -0.25) is 9.88 Å². The molecular weight excluding hydrogens is 365 g/mol. The molecule has 2 heterocycles. The van der Waals surface area contributed by atoms with Crippen LogP contribution in [-0.4, -0.2) is 31.9 Å². The van der Waals surface area contributed by atoms with Crippen LogP contribution in [-0.2, 0) is 29.5 Å². The Morgan fingerprint density at radius 2 is 2.07 bits per heavy atom. The first-order chi connectivity index (χ1) is 13.0. The van der Waals surface area contributed by atoms with E-state index in [1.165, 1.54) is 19.2 Å². The first-order valence-electron chi connectivity index (χ1n) is 8.78. The van der Waals surface area contributed by atoms with Crippen LogP contribution in [0, 0.1) is 5.82 Å². The lowest BCUT2D eigenvalue weighted by molar-refractivity contribution is 0.244. The molecule has 0 fully saturated rings. The standard InChI is InChI=1S/C20H20FN3O2S/c1-22-27(25,26)19-6-2-4-15-12-24(9-7-18(15)19)13-16-11-17(21)10-14-5-3-8-23-20(14)16/h2-6,8,10-11,22H,7,9,12-13H2,1H3. The van der Waals surface area contributed by atoms with Gasteiger partial charge in [0, 0.05) is 31.2 Å². The van der Waals surface area contributed by atoms with E-state index in [0.717, 1.165) is 27.6 Å². The van der Waals surface area contributed by atoms with Crippen molar-refractivity contribution < 1.29 is 12.8 Å². The fourth-order valence-electron chi connectivity index (χ4n) is 3.72. The number of rotatable bonds is 4. The molecule has 0 saturated heterocycles. The van der Waals surface area contributed by atoms with Crippen LogP contribution in [0.1, 0.15) is 16.7 Å². The van der Waals surface area contributed by atoms with Gasteiger partial charge in [0.15, 0.2) is 0 Å². The highest BCUT2D eigenvalue weighted by molar-refractivity contribution is 7.89. The molecule has 5 nitrogen and oxygen atoms in total. The zero-order valence-corrected chi connectivity index (χ0v) is 15.8. The molecule has 0 amide bonds. The van der Waals surface area contributed by atoms with Gasteiger partial charge in [-0.2, -0.15) is 0 Å². The lowest BCUT2D eigenvalue weighted by atomic mass is 9.99. The number of nitrogens with zero attached hydrogens (tertiary/aromatic N) is 2. The number of hydrogen-bond acceptors (Lipinski definition) is 4. The molecule has 0 radical (unpaired) electrons. The van der Waals surface area contributed by atoms with Crippen LogP contribution < -0.4 is 4.72 Å². The maximum absolute atomic E-state index is 14.0. The van der Waals surface area contributed by atoms with Crippen molar-refractivity contribution in [3.05, 3.63) is 71.2 Å². The second-order valence-corrected chi connectivity index (χ2v) is 8.56. The summed E-state index contributed by atoms with van der Waals surface area (Å²) < 4.78 is 40.9. The van der Waals surface area contributed by atoms with Crippen LogP contribution in [0.4, 0.5) is 4.39 Å². The quantitative estimate of drug-likeness (QED) is 0.750. The highest BCUT2D eigenvalue weighted by Gasteiger charge is 2.24. The number of pyridine rings is 1. The third kappa shape index (κ3) is 3.45. The SMILES string of the molecule is CNS(=O)(=O)c1cccc2c1CCN(Cc1cc(F)cc3cccnc13)C2. The molecule has 0 saturated carbocycles. The second kappa shape index (κ2) is 6.99. The number of hydrogen-bond donors (Lipinski definition) is 1. The van der Waals surface area contributed by atoms with E-state index >= 15 is 0 Å². The fraction of sp³-hybridized carbons (Fsp3) is 0.250. The van der Waals surface area contributed by atoms with Gasteiger partial charge in [-0.05, 0) is 54.4 Å². The summed E-state index contributed by atoms with van der Waals surface area (Å²) in [6.07, 6.45) is 2.34. The lowest BCUT2D eigenvalue weighted by Crippen LogP contribution is -2.32. The van der Waals surface area contributed by atoms with Gasteiger partial charge in [0.25, 0.3) is 0 Å². The summed E-state index contributed by atoms with van der Waals surface area (Å²) in [5.41, 5.74) is 3.50. The number of sulfonamides is 1. The molecule has 0 bridgehead atoms. The van der Waals surface area contributed by atoms with Gasteiger partial charge >= 0.3 is 0 Å². The molecule has 7 heteroatoms. The summed E-state index contributed by atoms with van der Waals surface area (Å²) in [6, 6.07) is 12.1. The van der Waals surface area contributed by atoms with Crippen LogP contribution in [0.25, 0.3) is 10.9 Å². The average molecular weight is 385 g/mol. The molecule has 3 aromatic rings. The van der Waals surface area contributed by atoms with Gasteiger partial charge in [0.2, 0.25) is 10.0 Å². The minimum absolute atomic E-state index is 0.273. The van der Waals surface area contributed by atoms with Crippen molar-refractivity contribution in [1.29, 1.82) is 0 Å². The number of fused-ring (bicyclic) bond motifs is 2. The molecule has 0 aliphatic carbocycles. The molecule has 1 aromatic heterocycles. The summed E-state index contributed by atoms with van der Waals surface area (Å²) in [4.78, 5) is 6.95. The first-order valence-corrected chi connectivity index (χ1v) is 10.3. The van der Waals surface area contributed by atoms with Crippen molar-refractivity contribution in [3.8, 4) is 0 Å². The van der Waals surface area contributed by atoms with Gasteiger partial charge in [-0.1, -0.05) is 18.2 Å². The van der Waals surface area contributed by atoms with Gasteiger partial charge in [-0.15, -0.1) is 0 Å². The van der Waals surface area contributed by atoms with Crippen molar-refractivity contribution >= 4 is 20.9 Å². The molecule has 27 heavy (non-hydrogen) atoms. The van der Waals surface area contributed by atoms with Crippen molar-refractivity contribution in [1.82, 2.24) is 14.6 Å². The topological polar surface area (TPSA) is 62.3 Å². The Balaban J connectivity index is 1.65. The first kappa shape index (κ1) is 18.0. The zero-order valence-electron chi connectivity index (χ0n) is 14.9. The smallest absolute Gasteiger partial charge is 0.240 e. The van der Waals surface area contributed by atoms with E-state index in [0.29, 0.717) is 31.0 Å². The Kier molecular flexibility index (Phi) is 4.67. The Morgan fingerprint density at radius 3 is 2.89 bits per heavy atom. The van der Waals surface area contributed by atoms with Crippen molar-refractivity contribution in [2.75, 3.05) is 13.6 Å². The third-order valence-electron chi connectivity index (χ3n) is 5.00. The van der Waals surface area contributed by atoms with Crippen LogP contribution in [0.15, 0.2) is 53.6 Å². The second-order valence-electron chi connectivity index (χ2n) is 6.70. The highest BCUT2D eigenvalue weighted by Crippen LogP contribution is 2.28. The Morgan fingerprint density at radius 1 is 1.22 bits per heavy atom. The van der Waals surface area contributed by atoms with Gasteiger partial charge in [-0.25, -0.2) is 17.5 Å². The van der Waals surface area contributed by atoms with Gasteiger partial charge in [0.1, 0.15) is 5.82 Å². The van der Waals surface area contributed by atoms with E-state index in [2.05, 4.69) is 14.6 Å². The third-order valence-corrected chi connectivity index (χ3v) is 6.50. The minimum Gasteiger partial charge on any atom is -0.294 e. The Hall–Kier alpha value is -2.35. The van der Waals surface area contributed by atoms with Gasteiger partial charge < -0.3 is 0 Å². The van der Waals surface area contributed by atoms with Crippen molar-refractivity contribution in [3.63, 3.8) is 0 Å². The molecule has 0 unspecified atom stereocenters. The molecule has 1 N–H and O–H groups in total. The van der Waals surface area contributed by atoms with E-state index in [4.69, 9.17) is 0 Å². The average Bonchev–Trinajstić information content (AvgIpc) is 2.67. The molecule has 1 aliphatic heterocycles. The summed E-state index contributed by atoms with van der Waals surface area (Å²) in [5, 5.41) is 0.785. The number of benzene rings is 2. The van der Waals surface area contributed by atoms with E-state index in [-0.39, 0.29) is 5.82 Å². The van der Waals surface area contributed by atoms with Crippen molar-refractivity contribution in [2.45, 2.75) is 24.4 Å². The zero-order chi connectivity index (χ0) is 19.0. The molecule has 140 valence electrons. The summed E-state index contributed by atoms with van der Waals surface area (Å²) in [6.45, 7) is 1.88. The van der Waals surface area contributed by atoms with E-state index in [9.17, 15) is 12.8 Å². The van der Waals surface area contributed by atoms with Crippen LogP contribution in [0.3, 0.4) is 0 Å². The summed E-state index contributed by atoms with van der Waals surface area (Å²) in [7, 11) is -2.06. The molecule has 4 rings (SSSR count). The summed E-state index contributed by atoms with van der Waals surface area (Å²) in [5.74, 6) is -0.273. The van der Waals surface area contributed by atoms with Crippen LogP contribution in [0.2, 0.25) is 0 Å². The molecule has 2 aromatic carbocycles. The molecule has 1 aliphatic rings. The molecule has 0 atom stereocenters. The predicted octanol–water partition coefficient (Wildman–Crippen LogP) is 2.84.